The van der Waals surface area contributed by atoms with E-state index in [1.807, 2.05) is 0 Å². The van der Waals surface area contributed by atoms with Crippen molar-refractivity contribution in [2.75, 3.05) is 0 Å². The molecular weight excluding hydrogens is 755 g/mol. The summed E-state index contributed by atoms with van der Waals surface area (Å²) in [5, 5.41) is 47.6. The number of hydrogen-bond acceptors (Lipinski definition) is 7. The van der Waals surface area contributed by atoms with Gasteiger partial charge in [-0.15, -0.1) is 30.5 Å². The summed E-state index contributed by atoms with van der Waals surface area (Å²) in [4.78, 5) is 0. The molecular formula is C27H69Mo2N2O6PSi3. The Labute approximate surface area is 291 Å². The Morgan fingerprint density at radius 2 is 0.659 bits per heavy atom. The van der Waals surface area contributed by atoms with Crippen LogP contribution >= 0.6 is 8.45 Å². The van der Waals surface area contributed by atoms with Crippen LogP contribution in [0.3, 0.4) is 0 Å². The smallest absolute Gasteiger partial charge is 0.852 e. The van der Waals surface area contributed by atoms with E-state index in [1.54, 1.807) is 69.2 Å². The Morgan fingerprint density at radius 1 is 0.488 bits per heavy atom. The number of rotatable bonds is 7. The summed E-state index contributed by atoms with van der Waals surface area (Å²) >= 11 is 0. The van der Waals surface area contributed by atoms with Crippen molar-refractivity contribution in [1.82, 2.24) is 4.00 Å². The van der Waals surface area contributed by atoms with Gasteiger partial charge in [-0.25, -0.2) is 0 Å². The Hall–Kier alpha value is 2.14. The average Bonchev–Trinajstić information content (AvgIpc) is 2.45. The van der Waals surface area contributed by atoms with Crippen molar-refractivity contribution in [1.29, 1.82) is 0 Å². The van der Waals surface area contributed by atoms with Gasteiger partial charge < -0.3 is 38.8 Å². The van der Waals surface area contributed by atoms with Gasteiger partial charge in [0.15, 0.2) is 0 Å². The Bertz CT molecular complexity index is 444. The van der Waals surface area contributed by atoms with Crippen LogP contribution in [-0.2, 0) is 46.7 Å². The molecule has 0 saturated carbocycles. The maximum atomic E-state index is 9.53. The molecule has 252 valence electrons. The van der Waals surface area contributed by atoms with Crippen LogP contribution in [0.25, 0.3) is 4.75 Å². The van der Waals surface area contributed by atoms with Crippen molar-refractivity contribution < 1.29 is 72.2 Å². The third-order valence-corrected chi connectivity index (χ3v) is 17.4. The van der Waals surface area contributed by atoms with E-state index in [-0.39, 0.29) is 48.2 Å². The van der Waals surface area contributed by atoms with Gasteiger partial charge >= 0.3 is 42.1 Å². The maximum absolute atomic E-state index is 9.53. The fraction of sp³-hybridized carbons (Fsp3) is 1.00. The molecule has 1 atom stereocenters. The molecule has 0 saturated heterocycles. The maximum Gasteiger partial charge on any atom is 3.00 e. The number of nitrogens with zero attached hydrogens (tertiary/aromatic N) is 2. The van der Waals surface area contributed by atoms with Crippen molar-refractivity contribution >= 4 is 33.2 Å². The van der Waals surface area contributed by atoms with Gasteiger partial charge in [0.1, 0.15) is 16.5 Å². The second-order valence-corrected chi connectivity index (χ2v) is 30.6. The summed E-state index contributed by atoms with van der Waals surface area (Å²) in [6.07, 6.45) is -1.83. The molecule has 0 fully saturated rings. The summed E-state index contributed by atoms with van der Waals surface area (Å²) in [6.45, 7) is 41.8. The van der Waals surface area contributed by atoms with E-state index in [1.165, 1.54) is 0 Å². The van der Waals surface area contributed by atoms with E-state index < -0.39 is 63.7 Å². The monoisotopic (exact) mass is 828 g/mol. The Balaban J connectivity index is -0.0000000673. The van der Waals surface area contributed by atoms with Crippen molar-refractivity contribution in [3.63, 3.8) is 0 Å². The minimum atomic E-state index is -1.48. The summed E-state index contributed by atoms with van der Waals surface area (Å²) < 4.78 is 14.2. The number of hydrogen-bond donors (Lipinski definition) is 0. The van der Waals surface area contributed by atoms with E-state index in [2.05, 4.69) is 76.8 Å². The summed E-state index contributed by atoms with van der Waals surface area (Å²) in [5.41, 5.74) is 0. The first-order chi connectivity index (χ1) is 16.8. The van der Waals surface area contributed by atoms with E-state index >= 15 is 0 Å². The van der Waals surface area contributed by atoms with E-state index in [0.29, 0.717) is 0 Å². The van der Waals surface area contributed by atoms with Gasteiger partial charge in [0.25, 0.3) is 0 Å². The Kier molecular flexibility index (Phi) is 50.7. The third-order valence-electron chi connectivity index (χ3n) is 2.13. The third kappa shape index (κ3) is 92.2. The molecule has 0 aromatic carbocycles. The van der Waals surface area contributed by atoms with Gasteiger partial charge in [0, 0.05) is 0 Å². The first-order valence-corrected chi connectivity index (χ1v) is 25.6. The molecule has 0 spiro atoms. The zero-order valence-corrected chi connectivity index (χ0v) is 38.5. The van der Waals surface area contributed by atoms with Crippen LogP contribution in [0.5, 0.6) is 0 Å². The molecule has 0 bridgehead atoms. The molecule has 14 heteroatoms. The molecule has 2 radical (unpaired) electrons. The average molecular weight is 825 g/mol. The van der Waals surface area contributed by atoms with Gasteiger partial charge in [-0.2, -0.15) is 0 Å². The minimum absolute atomic E-state index is 0. The second kappa shape index (κ2) is 33.5. The Morgan fingerprint density at radius 3 is 0.756 bits per heavy atom. The molecule has 8 nitrogen and oxygen atoms in total. The van der Waals surface area contributed by atoms with Crippen LogP contribution < -0.4 is 25.5 Å². The molecule has 0 rings (SSSR count). The largest absolute Gasteiger partial charge is 3.00 e. The van der Waals surface area contributed by atoms with Crippen LogP contribution in [0.2, 0.25) is 58.9 Å². The van der Waals surface area contributed by atoms with Gasteiger partial charge in [0.2, 0.25) is 0 Å². The summed E-state index contributed by atoms with van der Waals surface area (Å²) in [5.74, 6) is 0. The van der Waals surface area contributed by atoms with Gasteiger partial charge in [-0.05, 0) is 22.3 Å². The van der Waals surface area contributed by atoms with Crippen LogP contribution in [0.15, 0.2) is 0 Å². The van der Waals surface area contributed by atoms with Gasteiger partial charge in [-0.1, -0.05) is 136 Å². The predicted octanol–water partition coefficient (Wildman–Crippen LogP) is 4.59. The minimum Gasteiger partial charge on any atom is -0.852 e. The standard InChI is InChI=1S/C12H34N2OPSi3.5C3H7O.2Mo/c1-12(2)15-16(13-17(3,4)5)14(18(6,7)8)19(9,10)11;5*1-3(2)4;;/h12H,1-11H3;5*3H,1-2H3;;/q6*-1;2*+3/t16-;;;;;;;/m0......./s1. The topological polar surface area (TPSA) is 142 Å². The second-order valence-electron chi connectivity index (χ2n) is 13.6. The van der Waals surface area contributed by atoms with Crippen LogP contribution in [0.4, 0.5) is 0 Å². The zero-order valence-electron chi connectivity index (χ0n) is 30.6. The summed E-state index contributed by atoms with van der Waals surface area (Å²) in [7, 11) is -5.11. The van der Waals surface area contributed by atoms with E-state index in [0.717, 1.165) is 0 Å². The van der Waals surface area contributed by atoms with E-state index in [9.17, 15) is 25.5 Å². The van der Waals surface area contributed by atoms with Gasteiger partial charge in [-0.3, -0.25) is 0 Å². The quantitative estimate of drug-likeness (QED) is 0.270. The van der Waals surface area contributed by atoms with E-state index in [4.69, 9.17) is 9.28 Å². The van der Waals surface area contributed by atoms with Crippen molar-refractivity contribution in [2.24, 2.45) is 0 Å². The normalized spacial score (nSPS) is 11.9. The van der Waals surface area contributed by atoms with Crippen LogP contribution in [0.1, 0.15) is 83.1 Å². The molecule has 0 aliphatic heterocycles. The fourth-order valence-corrected chi connectivity index (χ4v) is 18.4. The molecule has 0 aliphatic carbocycles. The molecule has 0 aromatic rings. The molecule has 0 aromatic heterocycles. The molecule has 0 unspecified atom stereocenters. The van der Waals surface area contributed by atoms with Crippen molar-refractivity contribution in [3.05, 3.63) is 4.75 Å². The molecule has 0 amide bonds. The fourth-order valence-electron chi connectivity index (χ4n) is 2.08. The summed E-state index contributed by atoms with van der Waals surface area (Å²) in [6, 6.07) is 0. The predicted molar refractivity (Wildman–Crippen MR) is 174 cm³/mol. The van der Waals surface area contributed by atoms with Crippen LogP contribution in [-0.4, -0.2) is 65.3 Å². The van der Waals surface area contributed by atoms with Gasteiger partial charge in [0.05, 0.1) is 6.10 Å². The van der Waals surface area contributed by atoms with Crippen molar-refractivity contribution in [2.45, 2.75) is 179 Å². The molecule has 0 heterocycles. The van der Waals surface area contributed by atoms with Crippen molar-refractivity contribution in [3.8, 4) is 0 Å². The van der Waals surface area contributed by atoms with Crippen LogP contribution in [0, 0.1) is 0 Å². The zero-order chi connectivity index (χ0) is 33.5. The first kappa shape index (κ1) is 62.0. The SMILES string of the molecule is CC(C)O[P@@]([N-][Si](C)(C)C)N([Si](C)(C)C)[Si](C)(C)C.CC(C)[O-].CC(C)[O-].CC(C)[O-].CC(C)[O-].CC(C)[O-].[Mo+3].[Mo+3]. The molecule has 0 aliphatic rings. The molecule has 41 heavy (non-hydrogen) atoms. The first-order valence-electron chi connectivity index (χ1n) is 14.1. The molecule has 0 N–H and O–H groups in total.